The van der Waals surface area contributed by atoms with Crippen LogP contribution in [0.15, 0.2) is 17.1 Å². The standard InChI is InChI=1S/C28H55N2O/c1-4-6-7-8-9-10-11-12-13-14-15-16-17-18-19-20-21-22-23-24-28-29-25-26-30(28,5-2)27(3)31/h18-19,27,31H,4-17,20-26H2,1-3H3/q+1/b19-18+. The minimum Gasteiger partial charge on any atom is -0.345 e. The summed E-state index contributed by atoms with van der Waals surface area (Å²) in [5.74, 6) is 1.24. The quantitative estimate of drug-likeness (QED) is 0.110. The molecule has 0 radical (unpaired) electrons. The van der Waals surface area contributed by atoms with Crippen LogP contribution in [0.5, 0.6) is 0 Å². The Morgan fingerprint density at radius 1 is 0.774 bits per heavy atom. The number of aliphatic hydroxyl groups is 1. The summed E-state index contributed by atoms with van der Waals surface area (Å²) in [5.41, 5.74) is 0. The third-order valence-electron chi connectivity index (χ3n) is 7.25. The Balaban J connectivity index is 1.87. The topological polar surface area (TPSA) is 32.6 Å². The van der Waals surface area contributed by atoms with Crippen molar-refractivity contribution in [1.29, 1.82) is 0 Å². The lowest BCUT2D eigenvalue weighted by atomic mass is 10.0. The number of rotatable bonds is 21. The second kappa shape index (κ2) is 18.9. The highest BCUT2D eigenvalue weighted by Crippen LogP contribution is 2.22. The number of amidine groups is 1. The smallest absolute Gasteiger partial charge is 0.200 e. The van der Waals surface area contributed by atoms with Gasteiger partial charge in [-0.25, -0.2) is 4.99 Å². The predicted octanol–water partition coefficient (Wildman–Crippen LogP) is 8.17. The number of hydrogen-bond donors (Lipinski definition) is 1. The molecule has 1 N–H and O–H groups in total. The monoisotopic (exact) mass is 435 g/mol. The number of aliphatic hydroxyl groups excluding tert-OH is 1. The number of aliphatic imine (C=N–C) groups is 1. The number of likely N-dealkylation sites (N-methyl/N-ethyl adjacent to an activating group) is 1. The van der Waals surface area contributed by atoms with E-state index < -0.39 is 0 Å². The first-order valence-corrected chi connectivity index (χ1v) is 13.9. The van der Waals surface area contributed by atoms with Gasteiger partial charge in [0.1, 0.15) is 6.54 Å². The molecule has 31 heavy (non-hydrogen) atoms. The molecular formula is C28H55N2O+. The largest absolute Gasteiger partial charge is 0.345 e. The summed E-state index contributed by atoms with van der Waals surface area (Å²) in [6.45, 7) is 9.21. The maximum atomic E-state index is 10.2. The summed E-state index contributed by atoms with van der Waals surface area (Å²) in [4.78, 5) is 4.71. The number of hydrogen-bond acceptors (Lipinski definition) is 2. The van der Waals surface area contributed by atoms with E-state index in [9.17, 15) is 5.11 Å². The van der Waals surface area contributed by atoms with Crippen LogP contribution in [0.25, 0.3) is 0 Å². The van der Waals surface area contributed by atoms with E-state index in [1.165, 1.54) is 115 Å². The fraction of sp³-hybridized carbons (Fsp3) is 0.893. The zero-order valence-electron chi connectivity index (χ0n) is 21.4. The van der Waals surface area contributed by atoms with Gasteiger partial charge in [-0.2, -0.15) is 0 Å². The van der Waals surface area contributed by atoms with E-state index in [4.69, 9.17) is 4.99 Å². The van der Waals surface area contributed by atoms with E-state index >= 15 is 0 Å². The zero-order chi connectivity index (χ0) is 22.6. The summed E-state index contributed by atoms with van der Waals surface area (Å²) < 4.78 is 0.707. The molecule has 3 nitrogen and oxygen atoms in total. The molecule has 0 aromatic carbocycles. The molecular weight excluding hydrogens is 380 g/mol. The van der Waals surface area contributed by atoms with Gasteiger partial charge in [-0.3, -0.25) is 4.48 Å². The van der Waals surface area contributed by atoms with Crippen LogP contribution in [-0.2, 0) is 0 Å². The van der Waals surface area contributed by atoms with Gasteiger partial charge < -0.3 is 5.11 Å². The van der Waals surface area contributed by atoms with Gasteiger partial charge in [0.2, 0.25) is 5.84 Å². The van der Waals surface area contributed by atoms with Gasteiger partial charge in [0.15, 0.2) is 6.23 Å². The summed E-state index contributed by atoms with van der Waals surface area (Å²) in [7, 11) is 0. The number of allylic oxidation sites excluding steroid dienone is 2. The van der Waals surface area contributed by atoms with Gasteiger partial charge in [-0.1, -0.05) is 96.1 Å². The predicted molar refractivity (Wildman–Crippen MR) is 138 cm³/mol. The van der Waals surface area contributed by atoms with Crippen molar-refractivity contribution in [2.24, 2.45) is 4.99 Å². The number of quaternary nitrogens is 1. The maximum Gasteiger partial charge on any atom is 0.200 e. The number of unbranched alkanes of at least 4 members (excludes halogenated alkanes) is 15. The van der Waals surface area contributed by atoms with Crippen molar-refractivity contribution in [3.63, 3.8) is 0 Å². The average Bonchev–Trinajstić information content (AvgIpc) is 3.19. The van der Waals surface area contributed by atoms with Crippen molar-refractivity contribution in [1.82, 2.24) is 0 Å². The van der Waals surface area contributed by atoms with Crippen molar-refractivity contribution in [3.8, 4) is 0 Å². The Morgan fingerprint density at radius 2 is 1.26 bits per heavy atom. The van der Waals surface area contributed by atoms with E-state index in [1.807, 2.05) is 6.92 Å². The summed E-state index contributed by atoms with van der Waals surface area (Å²) in [6, 6.07) is 0. The molecule has 1 aliphatic heterocycles. The van der Waals surface area contributed by atoms with E-state index in [2.05, 4.69) is 26.0 Å². The minimum absolute atomic E-state index is 0.325. The Kier molecular flexibility index (Phi) is 17.3. The van der Waals surface area contributed by atoms with Crippen LogP contribution < -0.4 is 0 Å². The Bertz CT molecular complexity index is 472. The van der Waals surface area contributed by atoms with Crippen LogP contribution >= 0.6 is 0 Å². The zero-order valence-corrected chi connectivity index (χ0v) is 21.4. The van der Waals surface area contributed by atoms with E-state index in [0.29, 0.717) is 4.48 Å². The van der Waals surface area contributed by atoms with E-state index in [0.717, 1.165) is 26.1 Å². The molecule has 1 rings (SSSR count). The molecule has 1 aliphatic rings. The second-order valence-electron chi connectivity index (χ2n) is 9.75. The molecule has 0 aliphatic carbocycles. The van der Waals surface area contributed by atoms with Gasteiger partial charge in [-0.15, -0.1) is 0 Å². The fourth-order valence-electron chi connectivity index (χ4n) is 5.00. The van der Waals surface area contributed by atoms with E-state index in [1.54, 1.807) is 0 Å². The second-order valence-corrected chi connectivity index (χ2v) is 9.75. The van der Waals surface area contributed by atoms with Crippen LogP contribution in [0.4, 0.5) is 0 Å². The normalized spacial score (nSPS) is 19.9. The summed E-state index contributed by atoms with van der Waals surface area (Å²) in [5, 5.41) is 10.2. The van der Waals surface area contributed by atoms with Gasteiger partial charge in [-0.05, 0) is 39.0 Å². The lowest BCUT2D eigenvalue weighted by molar-refractivity contribution is -0.882. The Hall–Kier alpha value is -0.670. The molecule has 0 aromatic heterocycles. The van der Waals surface area contributed by atoms with Crippen molar-refractivity contribution in [2.75, 3.05) is 19.6 Å². The van der Waals surface area contributed by atoms with Crippen LogP contribution in [0.2, 0.25) is 0 Å². The first kappa shape index (κ1) is 28.4. The van der Waals surface area contributed by atoms with Gasteiger partial charge in [0.25, 0.3) is 0 Å². The Labute approximate surface area is 195 Å². The van der Waals surface area contributed by atoms with Crippen molar-refractivity contribution < 1.29 is 9.59 Å². The molecule has 1 heterocycles. The fourth-order valence-corrected chi connectivity index (χ4v) is 5.00. The van der Waals surface area contributed by atoms with E-state index in [-0.39, 0.29) is 6.23 Å². The molecule has 3 heteroatoms. The van der Waals surface area contributed by atoms with Crippen molar-refractivity contribution >= 4 is 5.84 Å². The van der Waals surface area contributed by atoms with Crippen molar-refractivity contribution in [3.05, 3.63) is 12.2 Å². The summed E-state index contributed by atoms with van der Waals surface area (Å²) in [6.07, 6.45) is 28.9. The third kappa shape index (κ3) is 12.2. The SMILES string of the molecule is CCCCCCCCCCCCCC/C=C/CCCCCC1=NCC[N+]1(CC)C(C)O. The van der Waals surface area contributed by atoms with Crippen LogP contribution in [0, 0.1) is 0 Å². The summed E-state index contributed by atoms with van der Waals surface area (Å²) >= 11 is 0. The van der Waals surface area contributed by atoms with Gasteiger partial charge in [0.05, 0.1) is 13.1 Å². The number of nitrogens with zero attached hydrogens (tertiary/aromatic N) is 2. The van der Waals surface area contributed by atoms with Gasteiger partial charge in [0, 0.05) is 13.3 Å². The van der Waals surface area contributed by atoms with Gasteiger partial charge >= 0.3 is 0 Å². The first-order chi connectivity index (χ1) is 15.2. The Morgan fingerprint density at radius 3 is 1.74 bits per heavy atom. The van der Waals surface area contributed by atoms with Crippen molar-refractivity contribution in [2.45, 2.75) is 143 Å². The third-order valence-corrected chi connectivity index (χ3v) is 7.25. The highest BCUT2D eigenvalue weighted by atomic mass is 16.3. The molecule has 2 atom stereocenters. The first-order valence-electron chi connectivity index (χ1n) is 13.9. The molecule has 0 fully saturated rings. The molecule has 2 unspecified atom stereocenters. The molecule has 0 saturated carbocycles. The molecule has 0 aromatic rings. The molecule has 0 saturated heterocycles. The average molecular weight is 436 g/mol. The highest BCUT2D eigenvalue weighted by molar-refractivity contribution is 5.76. The maximum absolute atomic E-state index is 10.2. The lowest BCUT2D eigenvalue weighted by Crippen LogP contribution is -2.56. The molecule has 0 spiro atoms. The van der Waals surface area contributed by atoms with Crippen LogP contribution in [-0.4, -0.2) is 41.3 Å². The minimum atomic E-state index is -0.325. The molecule has 0 bridgehead atoms. The molecule has 0 amide bonds. The van der Waals surface area contributed by atoms with Crippen LogP contribution in [0.1, 0.15) is 136 Å². The highest BCUT2D eigenvalue weighted by Gasteiger charge is 2.40. The molecule has 182 valence electrons. The van der Waals surface area contributed by atoms with Crippen LogP contribution in [0.3, 0.4) is 0 Å². The lowest BCUT2D eigenvalue weighted by Gasteiger charge is -2.36.